The van der Waals surface area contributed by atoms with Crippen molar-refractivity contribution < 1.29 is 14.0 Å². The highest BCUT2D eigenvalue weighted by Crippen LogP contribution is 2.33. The average molecular weight is 373 g/mol. The molecule has 3 nitrogen and oxygen atoms in total. The van der Waals surface area contributed by atoms with E-state index in [1.807, 2.05) is 6.07 Å². The molecule has 142 valence electrons. The molecule has 0 heterocycles. The lowest BCUT2D eigenvalue weighted by atomic mass is 9.95. The van der Waals surface area contributed by atoms with Crippen molar-refractivity contribution in [3.05, 3.63) is 41.5 Å². The second-order valence-electron chi connectivity index (χ2n) is 7.36. The molecule has 1 aliphatic rings. The molecular formula is C22H32O3Si. The SMILES string of the molecule is CCCC[Si](CCCC)(CCCC)Oc1ccc2c(c1)C(=O)C=CC2=O. The quantitative estimate of drug-likeness (QED) is 0.425. The summed E-state index contributed by atoms with van der Waals surface area (Å²) in [5, 5.41) is 0. The lowest BCUT2D eigenvalue weighted by molar-refractivity contribution is 0.0994. The molecule has 0 aliphatic heterocycles. The summed E-state index contributed by atoms with van der Waals surface area (Å²) in [7, 11) is -1.90. The van der Waals surface area contributed by atoms with Crippen molar-refractivity contribution in [1.82, 2.24) is 0 Å². The van der Waals surface area contributed by atoms with Gasteiger partial charge in [-0.05, 0) is 48.5 Å². The first-order valence-corrected chi connectivity index (χ1v) is 12.7. The summed E-state index contributed by atoms with van der Waals surface area (Å²) in [6, 6.07) is 8.96. The van der Waals surface area contributed by atoms with Crippen LogP contribution in [0.5, 0.6) is 5.75 Å². The van der Waals surface area contributed by atoms with Gasteiger partial charge < -0.3 is 4.43 Å². The lowest BCUT2D eigenvalue weighted by Gasteiger charge is -2.33. The Bertz CT molecular complexity index is 642. The molecule has 1 aromatic carbocycles. The Balaban J connectivity index is 2.30. The van der Waals surface area contributed by atoms with Gasteiger partial charge in [0, 0.05) is 11.1 Å². The third-order valence-corrected chi connectivity index (χ3v) is 9.66. The van der Waals surface area contributed by atoms with Gasteiger partial charge in [-0.2, -0.15) is 0 Å². The number of ketones is 2. The van der Waals surface area contributed by atoms with Crippen LogP contribution >= 0.6 is 0 Å². The fourth-order valence-corrected chi connectivity index (χ4v) is 8.29. The van der Waals surface area contributed by atoms with E-state index in [-0.39, 0.29) is 11.6 Å². The maximum absolute atomic E-state index is 12.2. The highest BCUT2D eigenvalue weighted by atomic mass is 28.4. The molecule has 1 aliphatic carbocycles. The van der Waals surface area contributed by atoms with Crippen LogP contribution in [0.4, 0.5) is 0 Å². The molecule has 0 bridgehead atoms. The maximum Gasteiger partial charge on any atom is 0.251 e. The smallest absolute Gasteiger partial charge is 0.251 e. The predicted molar refractivity (Wildman–Crippen MR) is 110 cm³/mol. The van der Waals surface area contributed by atoms with Crippen LogP contribution < -0.4 is 4.43 Å². The molecule has 0 amide bonds. The van der Waals surface area contributed by atoms with Gasteiger partial charge in [0.1, 0.15) is 5.75 Å². The number of hydrogen-bond donors (Lipinski definition) is 0. The van der Waals surface area contributed by atoms with Crippen molar-refractivity contribution in [2.75, 3.05) is 0 Å². The van der Waals surface area contributed by atoms with E-state index in [0.29, 0.717) is 11.1 Å². The molecule has 0 fully saturated rings. The van der Waals surface area contributed by atoms with Crippen LogP contribution in [0.3, 0.4) is 0 Å². The van der Waals surface area contributed by atoms with Gasteiger partial charge in [0.05, 0.1) is 0 Å². The second kappa shape index (κ2) is 9.86. The zero-order valence-electron chi connectivity index (χ0n) is 16.5. The second-order valence-corrected chi connectivity index (χ2v) is 11.4. The zero-order valence-corrected chi connectivity index (χ0v) is 17.5. The zero-order chi connectivity index (χ0) is 19.0. The minimum atomic E-state index is -1.90. The Hall–Kier alpha value is -1.68. The number of rotatable bonds is 11. The fourth-order valence-electron chi connectivity index (χ4n) is 3.61. The monoisotopic (exact) mass is 372 g/mol. The molecule has 0 spiro atoms. The molecule has 2 rings (SSSR count). The summed E-state index contributed by atoms with van der Waals surface area (Å²) >= 11 is 0. The standard InChI is InChI=1S/C22H32O3Si/c1-4-7-14-26(15-8-5-2,16-9-6-3)25-18-10-11-19-20(17-18)22(24)13-12-21(19)23/h10-13,17H,4-9,14-16H2,1-3H3. The Kier molecular flexibility index (Phi) is 7.82. The van der Waals surface area contributed by atoms with E-state index in [0.717, 1.165) is 5.75 Å². The molecular weight excluding hydrogens is 340 g/mol. The van der Waals surface area contributed by atoms with Crippen LogP contribution in [0.1, 0.15) is 80.0 Å². The third-order valence-electron chi connectivity index (χ3n) is 5.20. The number of carbonyl (C=O) groups is 2. The molecule has 0 N–H and O–H groups in total. The summed E-state index contributed by atoms with van der Waals surface area (Å²) in [4.78, 5) is 24.2. The fraction of sp³-hybridized carbons (Fsp3) is 0.545. The Morgan fingerprint density at radius 2 is 1.27 bits per heavy atom. The van der Waals surface area contributed by atoms with E-state index < -0.39 is 8.32 Å². The van der Waals surface area contributed by atoms with Crippen LogP contribution in [0.25, 0.3) is 0 Å². The van der Waals surface area contributed by atoms with Crippen LogP contribution in [-0.4, -0.2) is 19.9 Å². The van der Waals surface area contributed by atoms with Crippen molar-refractivity contribution in [3.63, 3.8) is 0 Å². The highest BCUT2D eigenvalue weighted by molar-refractivity contribution is 6.74. The summed E-state index contributed by atoms with van der Waals surface area (Å²) in [5.74, 6) is 0.570. The maximum atomic E-state index is 12.2. The number of carbonyl (C=O) groups excluding carboxylic acids is 2. The van der Waals surface area contributed by atoms with Crippen LogP contribution in [0.2, 0.25) is 18.1 Å². The Morgan fingerprint density at radius 1 is 0.769 bits per heavy atom. The lowest BCUT2D eigenvalue weighted by Crippen LogP contribution is -2.41. The summed E-state index contributed by atoms with van der Waals surface area (Å²) in [5.41, 5.74) is 0.979. The van der Waals surface area contributed by atoms with Gasteiger partial charge in [-0.15, -0.1) is 0 Å². The average Bonchev–Trinajstić information content (AvgIpc) is 2.66. The molecule has 26 heavy (non-hydrogen) atoms. The largest absolute Gasteiger partial charge is 0.543 e. The number of unbranched alkanes of at least 4 members (excludes halogenated alkanes) is 3. The van der Waals surface area contributed by atoms with Gasteiger partial charge in [-0.3, -0.25) is 9.59 Å². The summed E-state index contributed by atoms with van der Waals surface area (Å²) in [6.07, 6.45) is 9.85. The van der Waals surface area contributed by atoms with E-state index in [1.165, 1.54) is 68.8 Å². The van der Waals surface area contributed by atoms with Gasteiger partial charge in [-0.25, -0.2) is 0 Å². The van der Waals surface area contributed by atoms with E-state index in [1.54, 1.807) is 12.1 Å². The number of hydrogen-bond acceptors (Lipinski definition) is 3. The van der Waals surface area contributed by atoms with Gasteiger partial charge in [-0.1, -0.05) is 59.3 Å². The van der Waals surface area contributed by atoms with E-state index in [9.17, 15) is 9.59 Å². The molecule has 0 atom stereocenters. The normalized spacial score (nSPS) is 13.8. The summed E-state index contributed by atoms with van der Waals surface area (Å²) in [6.45, 7) is 6.69. The van der Waals surface area contributed by atoms with Crippen molar-refractivity contribution in [2.24, 2.45) is 0 Å². The third kappa shape index (κ3) is 5.16. The first-order valence-electron chi connectivity index (χ1n) is 10.1. The minimum absolute atomic E-state index is 0.0994. The van der Waals surface area contributed by atoms with Crippen molar-refractivity contribution >= 4 is 19.9 Å². The number of allylic oxidation sites excluding steroid dienone is 2. The van der Waals surface area contributed by atoms with E-state index in [2.05, 4.69) is 20.8 Å². The first-order chi connectivity index (χ1) is 12.5. The first kappa shape index (κ1) is 20.6. The van der Waals surface area contributed by atoms with Crippen molar-refractivity contribution in [1.29, 1.82) is 0 Å². The van der Waals surface area contributed by atoms with Gasteiger partial charge in [0.15, 0.2) is 11.6 Å². The van der Waals surface area contributed by atoms with Gasteiger partial charge >= 0.3 is 0 Å². The topological polar surface area (TPSA) is 43.4 Å². The molecule has 0 saturated heterocycles. The Morgan fingerprint density at radius 3 is 1.77 bits per heavy atom. The molecule has 1 aromatic rings. The molecule has 0 unspecified atom stereocenters. The number of fused-ring (bicyclic) bond motifs is 1. The van der Waals surface area contributed by atoms with Gasteiger partial charge in [0.25, 0.3) is 8.32 Å². The van der Waals surface area contributed by atoms with Crippen LogP contribution in [0, 0.1) is 0 Å². The van der Waals surface area contributed by atoms with Crippen molar-refractivity contribution in [2.45, 2.75) is 77.4 Å². The van der Waals surface area contributed by atoms with Gasteiger partial charge in [0.2, 0.25) is 0 Å². The minimum Gasteiger partial charge on any atom is -0.543 e. The molecule has 4 heteroatoms. The van der Waals surface area contributed by atoms with Crippen LogP contribution in [0.15, 0.2) is 30.4 Å². The molecule has 0 radical (unpaired) electrons. The van der Waals surface area contributed by atoms with Crippen LogP contribution in [-0.2, 0) is 0 Å². The number of benzene rings is 1. The predicted octanol–water partition coefficient (Wildman–Crippen LogP) is 6.35. The van der Waals surface area contributed by atoms with Crippen molar-refractivity contribution in [3.8, 4) is 5.75 Å². The van der Waals surface area contributed by atoms with E-state index in [4.69, 9.17) is 4.43 Å². The summed E-state index contributed by atoms with van der Waals surface area (Å²) < 4.78 is 6.71. The molecule has 0 aromatic heterocycles. The Labute approximate surface area is 159 Å². The highest BCUT2D eigenvalue weighted by Gasteiger charge is 2.35. The molecule has 0 saturated carbocycles. The van der Waals surface area contributed by atoms with E-state index >= 15 is 0 Å².